The first-order valence-electron chi connectivity index (χ1n) is 9.10. The van der Waals surface area contributed by atoms with Crippen LogP contribution in [0.3, 0.4) is 0 Å². The number of halogens is 1. The summed E-state index contributed by atoms with van der Waals surface area (Å²) < 4.78 is 12.0. The lowest BCUT2D eigenvalue weighted by Gasteiger charge is -2.13. The second-order valence-electron chi connectivity index (χ2n) is 6.61. The molecule has 0 bridgehead atoms. The molecule has 4 rings (SSSR count). The number of para-hydroxylation sites is 2. The number of rotatable bonds is 5. The van der Waals surface area contributed by atoms with Crippen molar-refractivity contribution >= 4 is 44.4 Å². The fourth-order valence-electron chi connectivity index (χ4n) is 3.22. The lowest BCUT2D eigenvalue weighted by atomic mass is 10.1. The molecule has 2 amide bonds. The normalized spacial score (nSPS) is 16.2. The number of carbonyl (C=O) groups is 2. The lowest BCUT2D eigenvalue weighted by Crippen LogP contribution is -2.32. The van der Waals surface area contributed by atoms with Gasteiger partial charge in [-0.3, -0.25) is 9.59 Å². The van der Waals surface area contributed by atoms with Crippen molar-refractivity contribution in [2.24, 2.45) is 0 Å². The first-order valence-corrected chi connectivity index (χ1v) is 9.89. The van der Waals surface area contributed by atoms with Crippen LogP contribution in [0.2, 0.25) is 0 Å². The highest BCUT2D eigenvalue weighted by Crippen LogP contribution is 2.27. The number of carbonyl (C=O) groups excluding carboxylic acids is 2. The van der Waals surface area contributed by atoms with Crippen LogP contribution in [0, 0.1) is 0 Å². The van der Waals surface area contributed by atoms with Gasteiger partial charge in [0.2, 0.25) is 0 Å². The van der Waals surface area contributed by atoms with Gasteiger partial charge < -0.3 is 19.8 Å². The van der Waals surface area contributed by atoms with Crippen molar-refractivity contribution in [2.75, 3.05) is 18.5 Å². The number of benzene rings is 2. The van der Waals surface area contributed by atoms with Crippen LogP contribution in [0.15, 0.2) is 57.4 Å². The molecule has 0 radical (unpaired) electrons. The SMILES string of the molecule is O=C(Nc1ccccc1C(=O)NCC1CCCO1)c1cc2cccc(Br)c2o1. The Bertz CT molecular complexity index is 1020. The summed E-state index contributed by atoms with van der Waals surface area (Å²) >= 11 is 3.41. The maximum atomic E-state index is 12.7. The molecule has 2 N–H and O–H groups in total. The second-order valence-corrected chi connectivity index (χ2v) is 7.47. The van der Waals surface area contributed by atoms with Crippen LogP contribution in [-0.2, 0) is 4.74 Å². The van der Waals surface area contributed by atoms with E-state index in [0.717, 1.165) is 29.3 Å². The van der Waals surface area contributed by atoms with Crippen molar-refractivity contribution in [2.45, 2.75) is 18.9 Å². The van der Waals surface area contributed by atoms with E-state index < -0.39 is 5.91 Å². The molecule has 1 aliphatic rings. The molecule has 28 heavy (non-hydrogen) atoms. The fourth-order valence-corrected chi connectivity index (χ4v) is 3.68. The maximum absolute atomic E-state index is 12.7. The summed E-state index contributed by atoms with van der Waals surface area (Å²) in [7, 11) is 0. The van der Waals surface area contributed by atoms with Crippen molar-refractivity contribution in [3.63, 3.8) is 0 Å². The number of furan rings is 1. The highest BCUT2D eigenvalue weighted by Gasteiger charge is 2.20. The van der Waals surface area contributed by atoms with Crippen LogP contribution in [0.5, 0.6) is 0 Å². The molecule has 0 aliphatic carbocycles. The molecule has 7 heteroatoms. The van der Waals surface area contributed by atoms with Gasteiger partial charge in [0.25, 0.3) is 11.8 Å². The fraction of sp³-hybridized carbons (Fsp3) is 0.238. The smallest absolute Gasteiger partial charge is 0.291 e. The Kier molecular flexibility index (Phi) is 5.45. The van der Waals surface area contributed by atoms with Crippen molar-refractivity contribution < 1.29 is 18.7 Å². The predicted octanol–water partition coefficient (Wildman–Crippen LogP) is 4.36. The topological polar surface area (TPSA) is 80.6 Å². The van der Waals surface area contributed by atoms with Gasteiger partial charge in [-0.2, -0.15) is 0 Å². The summed E-state index contributed by atoms with van der Waals surface area (Å²) in [4.78, 5) is 25.2. The molecular weight excluding hydrogens is 424 g/mol. The average molecular weight is 443 g/mol. The third-order valence-corrected chi connectivity index (χ3v) is 5.28. The number of fused-ring (bicyclic) bond motifs is 1. The van der Waals surface area contributed by atoms with Gasteiger partial charge in [-0.25, -0.2) is 0 Å². The van der Waals surface area contributed by atoms with E-state index in [2.05, 4.69) is 26.6 Å². The first kappa shape index (κ1) is 18.7. The number of anilines is 1. The molecule has 2 heterocycles. The van der Waals surface area contributed by atoms with Crippen molar-refractivity contribution in [3.05, 3.63) is 64.3 Å². The highest BCUT2D eigenvalue weighted by molar-refractivity contribution is 9.10. The summed E-state index contributed by atoms with van der Waals surface area (Å²) in [5.41, 5.74) is 1.43. The monoisotopic (exact) mass is 442 g/mol. The zero-order valence-corrected chi connectivity index (χ0v) is 16.6. The molecule has 0 spiro atoms. The van der Waals surface area contributed by atoms with E-state index in [1.54, 1.807) is 30.3 Å². The van der Waals surface area contributed by atoms with Gasteiger partial charge in [0.05, 0.1) is 21.8 Å². The zero-order valence-electron chi connectivity index (χ0n) is 15.0. The van der Waals surface area contributed by atoms with Crippen LogP contribution in [0.1, 0.15) is 33.8 Å². The van der Waals surface area contributed by atoms with E-state index in [4.69, 9.17) is 9.15 Å². The van der Waals surface area contributed by atoms with Crippen molar-refractivity contribution in [1.82, 2.24) is 5.32 Å². The number of nitrogens with one attached hydrogen (secondary N) is 2. The van der Waals surface area contributed by atoms with Gasteiger partial charge >= 0.3 is 0 Å². The van der Waals surface area contributed by atoms with Gasteiger partial charge in [-0.15, -0.1) is 0 Å². The Morgan fingerprint density at radius 1 is 1.11 bits per heavy atom. The molecule has 144 valence electrons. The molecule has 0 saturated carbocycles. The van der Waals surface area contributed by atoms with Crippen LogP contribution in [0.25, 0.3) is 11.0 Å². The molecule has 3 aromatic rings. The van der Waals surface area contributed by atoms with Gasteiger partial charge in [-0.1, -0.05) is 24.3 Å². The Morgan fingerprint density at radius 3 is 2.75 bits per heavy atom. The van der Waals surface area contributed by atoms with Crippen molar-refractivity contribution in [3.8, 4) is 0 Å². The third kappa shape index (κ3) is 3.95. The summed E-state index contributed by atoms with van der Waals surface area (Å²) in [5.74, 6) is -0.488. The number of hydrogen-bond acceptors (Lipinski definition) is 4. The molecule has 6 nitrogen and oxygen atoms in total. The van der Waals surface area contributed by atoms with E-state index in [0.29, 0.717) is 23.4 Å². The molecule has 2 aromatic carbocycles. The molecule has 1 aromatic heterocycles. The predicted molar refractivity (Wildman–Crippen MR) is 110 cm³/mol. The minimum atomic E-state index is -0.414. The van der Waals surface area contributed by atoms with Crippen LogP contribution in [0.4, 0.5) is 5.69 Å². The number of amides is 2. The van der Waals surface area contributed by atoms with Gasteiger partial charge in [0, 0.05) is 18.5 Å². The summed E-state index contributed by atoms with van der Waals surface area (Å²) in [6.45, 7) is 1.19. The number of hydrogen-bond donors (Lipinski definition) is 2. The Balaban J connectivity index is 1.50. The molecule has 1 aliphatic heterocycles. The Labute approximate surface area is 170 Å². The molecule has 1 atom stereocenters. The van der Waals surface area contributed by atoms with E-state index in [9.17, 15) is 9.59 Å². The summed E-state index contributed by atoms with van der Waals surface area (Å²) in [6, 6.07) is 14.2. The van der Waals surface area contributed by atoms with Gasteiger partial charge in [0.15, 0.2) is 5.76 Å². The third-order valence-electron chi connectivity index (χ3n) is 4.65. The minimum absolute atomic E-state index is 0.0553. The minimum Gasteiger partial charge on any atom is -0.450 e. The van der Waals surface area contributed by atoms with E-state index in [1.807, 2.05) is 18.2 Å². The summed E-state index contributed by atoms with van der Waals surface area (Å²) in [5, 5.41) is 6.48. The lowest BCUT2D eigenvalue weighted by molar-refractivity contribution is 0.0858. The quantitative estimate of drug-likeness (QED) is 0.614. The highest BCUT2D eigenvalue weighted by atomic mass is 79.9. The van der Waals surface area contributed by atoms with Crippen LogP contribution >= 0.6 is 15.9 Å². The second kappa shape index (κ2) is 8.16. The van der Waals surface area contributed by atoms with Crippen LogP contribution < -0.4 is 10.6 Å². The average Bonchev–Trinajstić information content (AvgIpc) is 3.37. The number of ether oxygens (including phenoxy) is 1. The first-order chi connectivity index (χ1) is 13.6. The van der Waals surface area contributed by atoms with E-state index >= 15 is 0 Å². The van der Waals surface area contributed by atoms with Gasteiger partial charge in [-0.05, 0) is 53.0 Å². The maximum Gasteiger partial charge on any atom is 0.291 e. The molecular formula is C21H19BrN2O4. The molecule has 1 fully saturated rings. The Hall–Kier alpha value is -2.64. The van der Waals surface area contributed by atoms with E-state index in [1.165, 1.54) is 0 Å². The summed E-state index contributed by atoms with van der Waals surface area (Å²) in [6.07, 6.45) is 2.01. The molecule has 1 unspecified atom stereocenters. The van der Waals surface area contributed by atoms with Gasteiger partial charge in [0.1, 0.15) is 5.58 Å². The zero-order chi connectivity index (χ0) is 19.5. The van der Waals surface area contributed by atoms with Crippen LogP contribution in [-0.4, -0.2) is 31.1 Å². The van der Waals surface area contributed by atoms with Crippen molar-refractivity contribution in [1.29, 1.82) is 0 Å². The molecule has 1 saturated heterocycles. The largest absolute Gasteiger partial charge is 0.450 e. The standard InChI is InChI=1S/C21H19BrN2O4/c22-16-8-3-5-13-11-18(28-19(13)16)21(26)24-17-9-2-1-7-15(17)20(25)23-12-14-6-4-10-27-14/h1-3,5,7-9,11,14H,4,6,10,12H2,(H,23,25)(H,24,26). The van der Waals surface area contributed by atoms with E-state index in [-0.39, 0.29) is 17.8 Å². The Morgan fingerprint density at radius 2 is 1.96 bits per heavy atom.